The molecule has 0 amide bonds. The predicted molar refractivity (Wildman–Crippen MR) is 55.1 cm³/mol. The molecule has 1 aromatic rings. The predicted octanol–water partition coefficient (Wildman–Crippen LogP) is 3.06. The number of thioether (sulfide) groups is 1. The lowest BCUT2D eigenvalue weighted by Crippen LogP contribution is -1.89. The van der Waals surface area contributed by atoms with Crippen molar-refractivity contribution >= 4 is 33.4 Å². The van der Waals surface area contributed by atoms with Gasteiger partial charge in [-0.05, 0) is 46.8 Å². The van der Waals surface area contributed by atoms with Gasteiger partial charge in [-0.3, -0.25) is 0 Å². The van der Waals surface area contributed by atoms with Crippen LogP contribution in [0.25, 0.3) is 0 Å². The molecule has 0 aliphatic carbocycles. The van der Waals surface area contributed by atoms with Gasteiger partial charge in [0.25, 0.3) is 0 Å². The van der Waals surface area contributed by atoms with E-state index in [0.29, 0.717) is 0 Å². The van der Waals surface area contributed by atoms with Crippen LogP contribution in [0.4, 0.5) is 5.69 Å². The zero-order chi connectivity index (χ0) is 8.43. The Morgan fingerprint density at radius 2 is 2.09 bits per heavy atom. The fourth-order valence-electron chi connectivity index (χ4n) is 0.827. The standard InChI is InChI=1S/C8H10BrNS/c1-5-3-8(11-2)6(9)4-7(5)10/h3-4H,10H2,1-2H3. The van der Waals surface area contributed by atoms with Gasteiger partial charge in [-0.1, -0.05) is 0 Å². The summed E-state index contributed by atoms with van der Waals surface area (Å²) in [6.45, 7) is 2.02. The second kappa shape index (κ2) is 3.50. The van der Waals surface area contributed by atoms with Crippen molar-refractivity contribution in [2.24, 2.45) is 0 Å². The zero-order valence-electron chi connectivity index (χ0n) is 6.52. The van der Waals surface area contributed by atoms with E-state index in [1.165, 1.54) is 4.90 Å². The van der Waals surface area contributed by atoms with Gasteiger partial charge in [0, 0.05) is 15.1 Å². The van der Waals surface area contributed by atoms with Crippen molar-refractivity contribution < 1.29 is 0 Å². The van der Waals surface area contributed by atoms with E-state index in [1.807, 2.05) is 13.0 Å². The van der Waals surface area contributed by atoms with Crippen LogP contribution in [0.5, 0.6) is 0 Å². The van der Waals surface area contributed by atoms with Crippen LogP contribution in [-0.4, -0.2) is 6.26 Å². The smallest absolute Gasteiger partial charge is 0.0355 e. The molecular weight excluding hydrogens is 222 g/mol. The Morgan fingerprint density at radius 3 is 2.64 bits per heavy atom. The highest BCUT2D eigenvalue weighted by Gasteiger charge is 2.00. The number of aryl methyl sites for hydroxylation is 1. The molecule has 60 valence electrons. The third-order valence-electron chi connectivity index (χ3n) is 1.54. The first-order chi connectivity index (χ1) is 5.15. The fraction of sp³-hybridized carbons (Fsp3) is 0.250. The lowest BCUT2D eigenvalue weighted by molar-refractivity contribution is 1.33. The summed E-state index contributed by atoms with van der Waals surface area (Å²) in [5.41, 5.74) is 7.68. The molecule has 0 spiro atoms. The van der Waals surface area contributed by atoms with Crippen molar-refractivity contribution in [3.05, 3.63) is 22.2 Å². The van der Waals surface area contributed by atoms with Gasteiger partial charge in [0.2, 0.25) is 0 Å². The minimum atomic E-state index is 0.842. The molecule has 0 unspecified atom stereocenters. The van der Waals surface area contributed by atoms with Gasteiger partial charge in [0.15, 0.2) is 0 Å². The molecule has 0 aliphatic heterocycles. The maximum absolute atomic E-state index is 5.70. The molecule has 1 rings (SSSR count). The zero-order valence-corrected chi connectivity index (χ0v) is 8.92. The molecule has 0 bridgehead atoms. The van der Waals surface area contributed by atoms with Gasteiger partial charge in [0.1, 0.15) is 0 Å². The highest BCUT2D eigenvalue weighted by Crippen LogP contribution is 2.29. The Labute approximate surface area is 79.5 Å². The molecule has 0 aliphatic rings. The van der Waals surface area contributed by atoms with Crippen molar-refractivity contribution in [2.45, 2.75) is 11.8 Å². The summed E-state index contributed by atoms with van der Waals surface area (Å²) < 4.78 is 1.08. The van der Waals surface area contributed by atoms with E-state index in [-0.39, 0.29) is 0 Å². The minimum Gasteiger partial charge on any atom is -0.398 e. The van der Waals surface area contributed by atoms with Crippen molar-refractivity contribution in [3.63, 3.8) is 0 Å². The summed E-state index contributed by atoms with van der Waals surface area (Å²) in [7, 11) is 0. The Kier molecular flexibility index (Phi) is 2.84. The first-order valence-electron chi connectivity index (χ1n) is 3.24. The Hall–Kier alpha value is -0.150. The maximum Gasteiger partial charge on any atom is 0.0355 e. The minimum absolute atomic E-state index is 0.842. The van der Waals surface area contributed by atoms with Crippen LogP contribution >= 0.6 is 27.7 Å². The summed E-state index contributed by atoms with van der Waals surface area (Å²) in [4.78, 5) is 1.23. The molecule has 0 saturated carbocycles. The fourth-order valence-corrected chi connectivity index (χ4v) is 2.22. The normalized spacial score (nSPS) is 10.1. The number of nitrogen functional groups attached to an aromatic ring is 1. The van der Waals surface area contributed by atoms with Gasteiger partial charge >= 0.3 is 0 Å². The Bertz CT molecular complexity index is 273. The van der Waals surface area contributed by atoms with Crippen LogP contribution in [0.15, 0.2) is 21.5 Å². The number of halogens is 1. The molecular formula is C8H10BrNS. The summed E-state index contributed by atoms with van der Waals surface area (Å²) in [5, 5.41) is 0. The molecule has 2 N–H and O–H groups in total. The summed E-state index contributed by atoms with van der Waals surface area (Å²) in [5.74, 6) is 0. The molecule has 1 nitrogen and oxygen atoms in total. The van der Waals surface area contributed by atoms with Gasteiger partial charge in [0.05, 0.1) is 0 Å². The molecule has 11 heavy (non-hydrogen) atoms. The van der Waals surface area contributed by atoms with Gasteiger partial charge in [-0.15, -0.1) is 11.8 Å². The molecule has 0 atom stereocenters. The van der Waals surface area contributed by atoms with E-state index in [2.05, 4.69) is 28.3 Å². The van der Waals surface area contributed by atoms with E-state index in [1.54, 1.807) is 11.8 Å². The quantitative estimate of drug-likeness (QED) is 0.594. The topological polar surface area (TPSA) is 26.0 Å². The number of benzene rings is 1. The highest BCUT2D eigenvalue weighted by molar-refractivity contribution is 9.10. The Balaban J connectivity index is 3.21. The number of anilines is 1. The average Bonchev–Trinajstić information content (AvgIpc) is 1.97. The highest BCUT2D eigenvalue weighted by atomic mass is 79.9. The van der Waals surface area contributed by atoms with Crippen LogP contribution < -0.4 is 5.73 Å². The first-order valence-corrected chi connectivity index (χ1v) is 5.26. The maximum atomic E-state index is 5.70. The number of hydrogen-bond donors (Lipinski definition) is 1. The van der Waals surface area contributed by atoms with E-state index < -0.39 is 0 Å². The van der Waals surface area contributed by atoms with Crippen molar-refractivity contribution in [1.29, 1.82) is 0 Å². The van der Waals surface area contributed by atoms with Crippen LogP contribution in [0.3, 0.4) is 0 Å². The molecule has 1 aromatic carbocycles. The Morgan fingerprint density at radius 1 is 1.45 bits per heavy atom. The molecule has 3 heteroatoms. The largest absolute Gasteiger partial charge is 0.398 e. The third kappa shape index (κ3) is 1.91. The van der Waals surface area contributed by atoms with E-state index >= 15 is 0 Å². The van der Waals surface area contributed by atoms with Crippen molar-refractivity contribution in [3.8, 4) is 0 Å². The summed E-state index contributed by atoms with van der Waals surface area (Å²) in [6, 6.07) is 4.03. The lowest BCUT2D eigenvalue weighted by atomic mass is 10.2. The molecule has 0 aromatic heterocycles. The third-order valence-corrected chi connectivity index (χ3v) is 3.24. The SMILES string of the molecule is CSc1cc(C)c(N)cc1Br. The van der Waals surface area contributed by atoms with E-state index in [4.69, 9.17) is 5.73 Å². The second-order valence-electron chi connectivity index (χ2n) is 2.34. The molecule has 0 radical (unpaired) electrons. The molecule has 0 fully saturated rings. The first kappa shape index (κ1) is 8.94. The van der Waals surface area contributed by atoms with Crippen LogP contribution in [0, 0.1) is 6.92 Å². The number of hydrogen-bond acceptors (Lipinski definition) is 2. The molecule has 0 heterocycles. The lowest BCUT2D eigenvalue weighted by Gasteiger charge is -2.04. The summed E-state index contributed by atoms with van der Waals surface area (Å²) >= 11 is 5.16. The van der Waals surface area contributed by atoms with Crippen LogP contribution in [0.1, 0.15) is 5.56 Å². The van der Waals surface area contributed by atoms with E-state index in [9.17, 15) is 0 Å². The number of rotatable bonds is 1. The van der Waals surface area contributed by atoms with Crippen molar-refractivity contribution in [1.82, 2.24) is 0 Å². The van der Waals surface area contributed by atoms with Crippen LogP contribution in [0.2, 0.25) is 0 Å². The van der Waals surface area contributed by atoms with Crippen LogP contribution in [-0.2, 0) is 0 Å². The average molecular weight is 232 g/mol. The van der Waals surface area contributed by atoms with Gasteiger partial charge in [-0.25, -0.2) is 0 Å². The van der Waals surface area contributed by atoms with Gasteiger partial charge in [-0.2, -0.15) is 0 Å². The summed E-state index contributed by atoms with van der Waals surface area (Å²) in [6.07, 6.45) is 2.05. The number of nitrogens with two attached hydrogens (primary N) is 1. The van der Waals surface area contributed by atoms with Gasteiger partial charge < -0.3 is 5.73 Å². The molecule has 0 saturated heterocycles. The second-order valence-corrected chi connectivity index (χ2v) is 4.05. The van der Waals surface area contributed by atoms with E-state index in [0.717, 1.165) is 15.7 Å². The van der Waals surface area contributed by atoms with Crippen molar-refractivity contribution in [2.75, 3.05) is 12.0 Å². The monoisotopic (exact) mass is 231 g/mol.